The summed E-state index contributed by atoms with van der Waals surface area (Å²) < 4.78 is 43.4. The molecule has 0 bridgehead atoms. The van der Waals surface area contributed by atoms with Gasteiger partial charge in [-0.3, -0.25) is 0 Å². The molecule has 0 spiro atoms. The Morgan fingerprint density at radius 2 is 1.87 bits per heavy atom. The number of rotatable bonds is 6. The molecule has 1 fully saturated rings. The van der Waals surface area contributed by atoms with E-state index in [2.05, 4.69) is 25.4 Å². The minimum Gasteiger partial charge on any atom is -0.483 e. The van der Waals surface area contributed by atoms with Crippen molar-refractivity contribution >= 4 is 28.1 Å². The first kappa shape index (κ1) is 24.9. The second-order valence-corrected chi connectivity index (χ2v) is 9.91. The summed E-state index contributed by atoms with van der Waals surface area (Å²) in [6.45, 7) is 4.02. The summed E-state index contributed by atoms with van der Waals surface area (Å²) in [5, 5.41) is 7.97. The predicted molar refractivity (Wildman–Crippen MR) is 143 cm³/mol. The lowest BCUT2D eigenvalue weighted by molar-refractivity contribution is -0.134. The molecule has 1 aliphatic heterocycles. The van der Waals surface area contributed by atoms with Gasteiger partial charge in [-0.15, -0.1) is 0 Å². The molecular weight excluding hydrogens is 504 g/mol. The summed E-state index contributed by atoms with van der Waals surface area (Å²) in [7, 11) is 1.69. The van der Waals surface area contributed by atoms with E-state index in [-0.39, 0.29) is 13.0 Å². The Balaban J connectivity index is 1.28. The van der Waals surface area contributed by atoms with Gasteiger partial charge >= 0.3 is 0 Å². The highest BCUT2D eigenvalue weighted by molar-refractivity contribution is 5.96. The average molecular weight is 532 g/mol. The minimum atomic E-state index is -2.97. The van der Waals surface area contributed by atoms with Gasteiger partial charge in [-0.1, -0.05) is 0 Å². The van der Waals surface area contributed by atoms with Crippen LogP contribution in [0, 0.1) is 13.8 Å². The first-order valence-electron chi connectivity index (χ1n) is 12.6. The standard InChI is InChI=1S/C28H27F2N7O2/c1-17-10-21-26(23(11-17)39-24-7-8-36(3)14-28(24,29)30)27(33-15-31-21)35-19-4-5-22(18(2)12-19)38-20-6-9-37-25(13-20)32-16-34-37/h4-6,9-13,15-16,24H,7-8,14H2,1-3H3,(H,31,33,35). The zero-order chi connectivity index (χ0) is 27.1. The van der Waals surface area contributed by atoms with Crippen LogP contribution in [0.5, 0.6) is 17.2 Å². The van der Waals surface area contributed by atoms with Gasteiger partial charge in [-0.05, 0) is 68.4 Å². The van der Waals surface area contributed by atoms with Crippen LogP contribution < -0.4 is 14.8 Å². The molecule has 1 aliphatic rings. The molecule has 6 rings (SSSR count). The number of aromatic nitrogens is 5. The number of nitrogens with one attached hydrogen (secondary N) is 1. The average Bonchev–Trinajstić information content (AvgIpc) is 3.35. The summed E-state index contributed by atoms with van der Waals surface area (Å²) in [5.74, 6) is -0.845. The fourth-order valence-corrected chi connectivity index (χ4v) is 4.83. The maximum Gasteiger partial charge on any atom is 0.296 e. The molecule has 200 valence electrons. The smallest absolute Gasteiger partial charge is 0.296 e. The maximum absolute atomic E-state index is 14.8. The number of piperidine rings is 1. The third kappa shape index (κ3) is 5.05. The number of aryl methyl sites for hydroxylation is 2. The first-order valence-corrected chi connectivity index (χ1v) is 12.6. The summed E-state index contributed by atoms with van der Waals surface area (Å²) in [6.07, 6.45) is 3.70. The van der Waals surface area contributed by atoms with Crippen LogP contribution in [-0.2, 0) is 0 Å². The molecule has 5 aromatic rings. The van der Waals surface area contributed by atoms with Gasteiger partial charge in [0.15, 0.2) is 11.8 Å². The van der Waals surface area contributed by atoms with E-state index in [0.29, 0.717) is 46.2 Å². The first-order chi connectivity index (χ1) is 18.7. The SMILES string of the molecule is Cc1cc(OC2CCN(C)CC2(F)F)c2c(Nc3ccc(Oc4ccn5ncnc5c4)c(C)c3)ncnc2c1. The van der Waals surface area contributed by atoms with Crippen molar-refractivity contribution in [2.75, 3.05) is 25.5 Å². The summed E-state index contributed by atoms with van der Waals surface area (Å²) >= 11 is 0. The third-order valence-corrected chi connectivity index (χ3v) is 6.76. The number of benzene rings is 2. The van der Waals surface area contributed by atoms with E-state index in [1.807, 2.05) is 50.2 Å². The molecule has 0 radical (unpaired) electrons. The van der Waals surface area contributed by atoms with Gasteiger partial charge in [0.1, 0.15) is 35.7 Å². The number of pyridine rings is 1. The molecule has 39 heavy (non-hydrogen) atoms. The normalized spacial score (nSPS) is 17.4. The molecule has 1 atom stereocenters. The highest BCUT2D eigenvalue weighted by Crippen LogP contribution is 2.38. The highest BCUT2D eigenvalue weighted by Gasteiger charge is 2.45. The van der Waals surface area contributed by atoms with E-state index < -0.39 is 12.0 Å². The van der Waals surface area contributed by atoms with Crippen molar-refractivity contribution in [3.8, 4) is 17.2 Å². The number of fused-ring (bicyclic) bond motifs is 2. The van der Waals surface area contributed by atoms with Gasteiger partial charge in [-0.2, -0.15) is 5.10 Å². The molecular formula is C28H27F2N7O2. The van der Waals surface area contributed by atoms with Crippen molar-refractivity contribution < 1.29 is 18.3 Å². The van der Waals surface area contributed by atoms with Crippen LogP contribution in [0.3, 0.4) is 0 Å². The van der Waals surface area contributed by atoms with Gasteiger partial charge in [0.05, 0.1) is 17.4 Å². The quantitative estimate of drug-likeness (QED) is 0.305. The molecule has 1 unspecified atom stereocenters. The third-order valence-electron chi connectivity index (χ3n) is 6.76. The van der Waals surface area contributed by atoms with E-state index in [1.165, 1.54) is 12.7 Å². The number of likely N-dealkylation sites (tertiary alicyclic amines) is 1. The van der Waals surface area contributed by atoms with Crippen molar-refractivity contribution in [2.24, 2.45) is 0 Å². The highest BCUT2D eigenvalue weighted by atomic mass is 19.3. The molecule has 0 aliphatic carbocycles. The van der Waals surface area contributed by atoms with Crippen LogP contribution in [-0.4, -0.2) is 61.6 Å². The molecule has 2 aromatic carbocycles. The van der Waals surface area contributed by atoms with E-state index in [1.54, 1.807) is 28.7 Å². The van der Waals surface area contributed by atoms with Gasteiger partial charge < -0.3 is 19.7 Å². The predicted octanol–water partition coefficient (Wildman–Crippen LogP) is 5.54. The Hall–Kier alpha value is -4.38. The van der Waals surface area contributed by atoms with Crippen LogP contribution in [0.15, 0.2) is 61.3 Å². The van der Waals surface area contributed by atoms with Crippen molar-refractivity contribution in [1.82, 2.24) is 29.5 Å². The van der Waals surface area contributed by atoms with Crippen LogP contribution in [0.25, 0.3) is 16.6 Å². The Kier molecular flexibility index (Phi) is 6.22. The van der Waals surface area contributed by atoms with Crippen molar-refractivity contribution in [3.05, 3.63) is 72.4 Å². The Morgan fingerprint density at radius 1 is 1.00 bits per heavy atom. The Bertz CT molecular complexity index is 1670. The van der Waals surface area contributed by atoms with Gasteiger partial charge in [0.25, 0.3) is 5.92 Å². The van der Waals surface area contributed by atoms with E-state index in [0.717, 1.165) is 16.8 Å². The number of halogens is 2. The number of hydrogen-bond donors (Lipinski definition) is 1. The van der Waals surface area contributed by atoms with E-state index in [9.17, 15) is 8.78 Å². The molecule has 0 amide bonds. The van der Waals surface area contributed by atoms with Crippen LogP contribution in [0.1, 0.15) is 17.5 Å². The van der Waals surface area contributed by atoms with Gasteiger partial charge in [0, 0.05) is 30.9 Å². The summed E-state index contributed by atoms with van der Waals surface area (Å²) in [6, 6.07) is 12.9. The van der Waals surface area contributed by atoms with Crippen LogP contribution in [0.4, 0.5) is 20.3 Å². The number of alkyl halides is 2. The summed E-state index contributed by atoms with van der Waals surface area (Å²) in [4.78, 5) is 14.6. The number of hydrogen-bond acceptors (Lipinski definition) is 8. The lowest BCUT2D eigenvalue weighted by Gasteiger charge is -2.36. The molecule has 11 heteroatoms. The zero-order valence-electron chi connectivity index (χ0n) is 21.7. The van der Waals surface area contributed by atoms with Crippen LogP contribution in [0.2, 0.25) is 0 Å². The van der Waals surface area contributed by atoms with Gasteiger partial charge in [-0.25, -0.2) is 28.2 Å². The van der Waals surface area contributed by atoms with Crippen molar-refractivity contribution in [3.63, 3.8) is 0 Å². The Morgan fingerprint density at radius 3 is 2.69 bits per heavy atom. The lowest BCUT2D eigenvalue weighted by atomic mass is 10.0. The molecule has 1 N–H and O–H groups in total. The van der Waals surface area contributed by atoms with Crippen molar-refractivity contribution in [1.29, 1.82) is 0 Å². The summed E-state index contributed by atoms with van der Waals surface area (Å²) in [5.41, 5.74) is 3.80. The minimum absolute atomic E-state index is 0.222. The lowest BCUT2D eigenvalue weighted by Crippen LogP contribution is -2.52. The number of ether oxygens (including phenoxy) is 2. The van der Waals surface area contributed by atoms with Crippen molar-refractivity contribution in [2.45, 2.75) is 32.3 Å². The second kappa shape index (κ2) is 9.73. The monoisotopic (exact) mass is 531 g/mol. The largest absolute Gasteiger partial charge is 0.483 e. The van der Waals surface area contributed by atoms with Gasteiger partial charge in [0.2, 0.25) is 0 Å². The van der Waals surface area contributed by atoms with Crippen LogP contribution >= 0.6 is 0 Å². The maximum atomic E-state index is 14.8. The zero-order valence-corrected chi connectivity index (χ0v) is 21.7. The number of anilines is 2. The fourth-order valence-electron chi connectivity index (χ4n) is 4.83. The van der Waals surface area contributed by atoms with E-state index >= 15 is 0 Å². The topological polar surface area (TPSA) is 89.7 Å². The number of nitrogens with zero attached hydrogens (tertiary/aromatic N) is 6. The molecule has 3 aromatic heterocycles. The molecule has 4 heterocycles. The Labute approximate surface area is 223 Å². The van der Waals surface area contributed by atoms with E-state index in [4.69, 9.17) is 9.47 Å². The molecule has 0 saturated carbocycles. The molecule has 1 saturated heterocycles. The molecule has 9 nitrogen and oxygen atoms in total. The second-order valence-electron chi connectivity index (χ2n) is 9.91. The fraction of sp³-hybridized carbons (Fsp3) is 0.286.